The lowest BCUT2D eigenvalue weighted by atomic mass is 10.2. The quantitative estimate of drug-likeness (QED) is 0.849. The van der Waals surface area contributed by atoms with Gasteiger partial charge >= 0.3 is 5.97 Å². The SMILES string of the molecule is O=C(O)c1cccc(OCCS(=O)c2ccc(Br)cc2)c1. The molecule has 4 nitrogen and oxygen atoms in total. The number of benzene rings is 2. The van der Waals surface area contributed by atoms with E-state index in [4.69, 9.17) is 9.84 Å². The van der Waals surface area contributed by atoms with Gasteiger partial charge in [0.25, 0.3) is 0 Å². The Morgan fingerprint density at radius 3 is 2.57 bits per heavy atom. The summed E-state index contributed by atoms with van der Waals surface area (Å²) in [7, 11) is -1.14. The number of halogens is 1. The lowest BCUT2D eigenvalue weighted by Gasteiger charge is -2.07. The van der Waals surface area contributed by atoms with E-state index in [0.29, 0.717) is 11.5 Å². The number of ether oxygens (including phenoxy) is 1. The van der Waals surface area contributed by atoms with Gasteiger partial charge in [-0.3, -0.25) is 4.21 Å². The molecule has 1 N–H and O–H groups in total. The monoisotopic (exact) mass is 368 g/mol. The van der Waals surface area contributed by atoms with Gasteiger partial charge in [0.05, 0.1) is 22.1 Å². The highest BCUT2D eigenvalue weighted by Crippen LogP contribution is 2.15. The first-order valence-corrected chi connectivity index (χ1v) is 8.27. The molecule has 0 aromatic heterocycles. The van der Waals surface area contributed by atoms with E-state index in [1.165, 1.54) is 12.1 Å². The fraction of sp³-hybridized carbons (Fsp3) is 0.133. The summed E-state index contributed by atoms with van der Waals surface area (Å²) in [5.41, 5.74) is 0.168. The number of carboxylic acids is 1. The summed E-state index contributed by atoms with van der Waals surface area (Å²) >= 11 is 3.32. The molecule has 110 valence electrons. The van der Waals surface area contributed by atoms with Crippen molar-refractivity contribution in [2.75, 3.05) is 12.4 Å². The molecule has 0 aliphatic carbocycles. The lowest BCUT2D eigenvalue weighted by Crippen LogP contribution is -2.09. The normalized spacial score (nSPS) is 11.9. The summed E-state index contributed by atoms with van der Waals surface area (Å²) in [6.07, 6.45) is 0. The molecular weight excluding hydrogens is 356 g/mol. The van der Waals surface area contributed by atoms with Crippen molar-refractivity contribution < 1.29 is 18.8 Å². The number of carboxylic acid groups (broad SMARTS) is 1. The third-order valence-corrected chi connectivity index (χ3v) is 4.56. The van der Waals surface area contributed by atoms with Gasteiger partial charge in [-0.05, 0) is 42.5 Å². The molecule has 6 heteroatoms. The second-order valence-corrected chi connectivity index (χ2v) is 6.67. The highest BCUT2D eigenvalue weighted by atomic mass is 79.9. The van der Waals surface area contributed by atoms with E-state index in [2.05, 4.69) is 15.9 Å². The fourth-order valence-corrected chi connectivity index (χ4v) is 2.83. The van der Waals surface area contributed by atoms with Crippen molar-refractivity contribution in [1.29, 1.82) is 0 Å². The predicted molar refractivity (Wildman–Crippen MR) is 84.3 cm³/mol. The Labute approximate surface area is 133 Å². The van der Waals surface area contributed by atoms with Crippen LogP contribution in [0.5, 0.6) is 5.75 Å². The number of carbonyl (C=O) groups is 1. The Kier molecular flexibility index (Phi) is 5.52. The summed E-state index contributed by atoms with van der Waals surface area (Å²) in [4.78, 5) is 11.6. The highest BCUT2D eigenvalue weighted by molar-refractivity contribution is 9.10. The lowest BCUT2D eigenvalue weighted by molar-refractivity contribution is 0.0696. The third-order valence-electron chi connectivity index (χ3n) is 2.69. The maximum absolute atomic E-state index is 12.0. The van der Waals surface area contributed by atoms with Crippen LogP contribution in [0.25, 0.3) is 0 Å². The Balaban J connectivity index is 1.89. The number of rotatable bonds is 6. The zero-order valence-electron chi connectivity index (χ0n) is 11.0. The Morgan fingerprint density at radius 1 is 1.19 bits per heavy atom. The van der Waals surface area contributed by atoms with Crippen molar-refractivity contribution in [3.8, 4) is 5.75 Å². The summed E-state index contributed by atoms with van der Waals surface area (Å²) < 4.78 is 18.4. The van der Waals surface area contributed by atoms with Crippen molar-refractivity contribution in [1.82, 2.24) is 0 Å². The molecule has 2 aromatic carbocycles. The van der Waals surface area contributed by atoms with Gasteiger partial charge in [0.1, 0.15) is 12.4 Å². The van der Waals surface area contributed by atoms with Crippen LogP contribution in [-0.4, -0.2) is 27.6 Å². The van der Waals surface area contributed by atoms with Crippen LogP contribution in [0.3, 0.4) is 0 Å². The number of hydrogen-bond donors (Lipinski definition) is 1. The molecule has 0 saturated heterocycles. The smallest absolute Gasteiger partial charge is 0.335 e. The third kappa shape index (κ3) is 4.68. The van der Waals surface area contributed by atoms with Gasteiger partial charge < -0.3 is 9.84 Å². The van der Waals surface area contributed by atoms with Crippen molar-refractivity contribution >= 4 is 32.7 Å². The molecule has 1 unspecified atom stereocenters. The first-order valence-electron chi connectivity index (χ1n) is 6.16. The average Bonchev–Trinajstić information content (AvgIpc) is 2.48. The van der Waals surface area contributed by atoms with Crippen molar-refractivity contribution in [2.24, 2.45) is 0 Å². The molecule has 2 rings (SSSR count). The van der Waals surface area contributed by atoms with E-state index in [1.807, 2.05) is 12.1 Å². The zero-order chi connectivity index (χ0) is 15.2. The summed E-state index contributed by atoms with van der Waals surface area (Å²) in [6.45, 7) is 0.256. The van der Waals surface area contributed by atoms with Crippen LogP contribution in [0.1, 0.15) is 10.4 Å². The number of aromatic carboxylic acids is 1. The maximum Gasteiger partial charge on any atom is 0.335 e. The molecule has 21 heavy (non-hydrogen) atoms. The molecule has 2 aromatic rings. The van der Waals surface area contributed by atoms with E-state index < -0.39 is 16.8 Å². The molecule has 0 radical (unpaired) electrons. The fourth-order valence-electron chi connectivity index (χ4n) is 1.66. The molecule has 0 amide bonds. The van der Waals surface area contributed by atoms with E-state index in [1.54, 1.807) is 24.3 Å². The molecule has 1 atom stereocenters. The maximum atomic E-state index is 12.0. The highest BCUT2D eigenvalue weighted by Gasteiger charge is 2.06. The van der Waals surface area contributed by atoms with Crippen LogP contribution in [0.4, 0.5) is 0 Å². The summed E-state index contributed by atoms with van der Waals surface area (Å²) in [6, 6.07) is 13.5. The van der Waals surface area contributed by atoms with Crippen molar-refractivity contribution in [3.05, 3.63) is 58.6 Å². The van der Waals surface area contributed by atoms with Crippen LogP contribution in [0.15, 0.2) is 57.9 Å². The van der Waals surface area contributed by atoms with Gasteiger partial charge in [-0.25, -0.2) is 4.79 Å². The van der Waals surface area contributed by atoms with Crippen LogP contribution < -0.4 is 4.74 Å². The van der Waals surface area contributed by atoms with Crippen LogP contribution in [0, 0.1) is 0 Å². The Bertz CT molecular complexity index is 655. The van der Waals surface area contributed by atoms with E-state index in [0.717, 1.165) is 9.37 Å². The van der Waals surface area contributed by atoms with Crippen LogP contribution in [0.2, 0.25) is 0 Å². The molecule has 0 saturated carbocycles. The van der Waals surface area contributed by atoms with Crippen molar-refractivity contribution in [3.63, 3.8) is 0 Å². The Morgan fingerprint density at radius 2 is 1.90 bits per heavy atom. The van der Waals surface area contributed by atoms with E-state index in [9.17, 15) is 9.00 Å². The first kappa shape index (κ1) is 15.7. The second kappa shape index (κ2) is 7.38. The minimum Gasteiger partial charge on any atom is -0.493 e. The zero-order valence-corrected chi connectivity index (χ0v) is 13.4. The topological polar surface area (TPSA) is 63.6 Å². The average molecular weight is 369 g/mol. The van der Waals surface area contributed by atoms with Gasteiger partial charge in [-0.15, -0.1) is 0 Å². The largest absolute Gasteiger partial charge is 0.493 e. The summed E-state index contributed by atoms with van der Waals surface area (Å²) in [5.74, 6) is -0.194. The van der Waals surface area contributed by atoms with Gasteiger partial charge in [0.2, 0.25) is 0 Å². The van der Waals surface area contributed by atoms with Crippen molar-refractivity contribution in [2.45, 2.75) is 4.90 Å². The van der Waals surface area contributed by atoms with Gasteiger partial charge in [-0.2, -0.15) is 0 Å². The molecule has 0 fully saturated rings. The minimum atomic E-state index is -1.14. The minimum absolute atomic E-state index is 0.168. The van der Waals surface area contributed by atoms with Gasteiger partial charge in [0.15, 0.2) is 0 Å². The van der Waals surface area contributed by atoms with Gasteiger partial charge in [0, 0.05) is 9.37 Å². The predicted octanol–water partition coefficient (Wildman–Crippen LogP) is 3.33. The number of hydrogen-bond acceptors (Lipinski definition) is 3. The molecule has 0 aliphatic rings. The molecule has 0 heterocycles. The van der Waals surface area contributed by atoms with Crippen LogP contribution in [-0.2, 0) is 10.8 Å². The standard InChI is InChI=1S/C15H13BrO4S/c16-12-4-6-14(7-5-12)21(19)9-8-20-13-3-1-2-11(10-13)15(17)18/h1-7,10H,8-9H2,(H,17,18). The van der Waals surface area contributed by atoms with E-state index in [-0.39, 0.29) is 12.2 Å². The molecule has 0 aliphatic heterocycles. The van der Waals surface area contributed by atoms with Gasteiger partial charge in [-0.1, -0.05) is 22.0 Å². The summed E-state index contributed by atoms with van der Waals surface area (Å²) in [5, 5.41) is 8.89. The van der Waals surface area contributed by atoms with E-state index >= 15 is 0 Å². The molecule has 0 spiro atoms. The van der Waals surface area contributed by atoms with Crippen LogP contribution >= 0.6 is 15.9 Å². The first-order chi connectivity index (χ1) is 10.1. The molecular formula is C15H13BrO4S. The second-order valence-electron chi connectivity index (χ2n) is 4.19. The Hall–Kier alpha value is -1.66. The molecule has 0 bridgehead atoms.